The van der Waals surface area contributed by atoms with Crippen molar-refractivity contribution < 1.29 is 27.5 Å². The third-order valence-corrected chi connectivity index (χ3v) is 3.14. The number of amides is 1. The van der Waals surface area contributed by atoms with Crippen LogP contribution in [0.2, 0.25) is 0 Å². The molecule has 0 radical (unpaired) electrons. The second-order valence-electron chi connectivity index (χ2n) is 5.08. The van der Waals surface area contributed by atoms with Crippen LogP contribution in [0.5, 0.6) is 5.75 Å². The van der Waals surface area contributed by atoms with Crippen molar-refractivity contribution in [1.29, 1.82) is 0 Å². The number of nitrogens with zero attached hydrogens (tertiary/aromatic N) is 3. The van der Waals surface area contributed by atoms with Crippen LogP contribution in [0.3, 0.4) is 0 Å². The summed E-state index contributed by atoms with van der Waals surface area (Å²) in [5.74, 6) is -1.19. The fraction of sp³-hybridized carbons (Fsp3) is 0.286. The van der Waals surface area contributed by atoms with Crippen LogP contribution in [0.15, 0.2) is 26.4 Å². The van der Waals surface area contributed by atoms with Crippen LogP contribution in [-0.2, 0) is 13.2 Å². The van der Waals surface area contributed by atoms with E-state index in [0.717, 1.165) is 4.68 Å². The standard InChI is InChI=1S/C14H13F3N4O4/c1-6-4-9(22)11(13(24)25-6)7(2)18-19-12(23)8-5-10(14(15,16)17)20-21(8)3/h4-5,22H,1-3H3,(H,19,23). The van der Waals surface area contributed by atoms with Gasteiger partial charge in [-0.1, -0.05) is 0 Å². The molecule has 2 heterocycles. The summed E-state index contributed by atoms with van der Waals surface area (Å²) in [4.78, 5) is 23.7. The number of hydrogen-bond donors (Lipinski definition) is 2. The fourth-order valence-electron chi connectivity index (χ4n) is 2.00. The maximum Gasteiger partial charge on any atom is 0.435 e. The summed E-state index contributed by atoms with van der Waals surface area (Å²) >= 11 is 0. The van der Waals surface area contributed by atoms with Crippen molar-refractivity contribution in [2.75, 3.05) is 0 Å². The molecule has 2 aromatic rings. The number of carbonyl (C=O) groups excluding carboxylic acids is 1. The predicted octanol–water partition coefficient (Wildman–Crippen LogP) is 1.56. The smallest absolute Gasteiger partial charge is 0.435 e. The Bertz CT molecular complexity index is 912. The Morgan fingerprint density at radius 1 is 1.40 bits per heavy atom. The number of hydrazone groups is 1. The van der Waals surface area contributed by atoms with E-state index in [4.69, 9.17) is 4.42 Å². The first-order valence-electron chi connectivity index (χ1n) is 6.80. The molecule has 0 bridgehead atoms. The number of aromatic hydroxyl groups is 1. The van der Waals surface area contributed by atoms with Gasteiger partial charge < -0.3 is 9.52 Å². The van der Waals surface area contributed by atoms with Crippen molar-refractivity contribution >= 4 is 11.6 Å². The van der Waals surface area contributed by atoms with Crippen LogP contribution in [0, 0.1) is 6.92 Å². The molecule has 0 atom stereocenters. The topological polar surface area (TPSA) is 110 Å². The first-order valence-corrected chi connectivity index (χ1v) is 6.80. The average Bonchev–Trinajstić information content (AvgIpc) is 2.85. The van der Waals surface area contributed by atoms with E-state index in [1.165, 1.54) is 27.0 Å². The van der Waals surface area contributed by atoms with Crippen LogP contribution in [0.1, 0.15) is 34.4 Å². The molecule has 0 unspecified atom stereocenters. The monoisotopic (exact) mass is 358 g/mol. The molecule has 2 aromatic heterocycles. The van der Waals surface area contributed by atoms with Gasteiger partial charge in [0.1, 0.15) is 22.8 Å². The number of nitrogens with one attached hydrogen (secondary N) is 1. The maximum absolute atomic E-state index is 12.6. The van der Waals surface area contributed by atoms with Crippen molar-refractivity contribution in [1.82, 2.24) is 15.2 Å². The normalized spacial score (nSPS) is 12.3. The molecule has 0 spiro atoms. The molecule has 2 rings (SSSR count). The first kappa shape index (κ1) is 18.2. The maximum atomic E-state index is 12.6. The minimum Gasteiger partial charge on any atom is -0.507 e. The zero-order valence-electron chi connectivity index (χ0n) is 13.3. The Kier molecular flexibility index (Phi) is 4.68. The molecule has 0 aliphatic carbocycles. The Labute approximate surface area is 138 Å². The van der Waals surface area contributed by atoms with Gasteiger partial charge in [0.25, 0.3) is 5.91 Å². The van der Waals surface area contributed by atoms with Gasteiger partial charge in [-0.25, -0.2) is 10.2 Å². The summed E-state index contributed by atoms with van der Waals surface area (Å²) in [6, 6.07) is 1.76. The van der Waals surface area contributed by atoms with Crippen molar-refractivity contribution in [2.24, 2.45) is 12.1 Å². The molecule has 0 aliphatic rings. The molecule has 0 aliphatic heterocycles. The lowest BCUT2D eigenvalue weighted by Crippen LogP contribution is -2.23. The van der Waals surface area contributed by atoms with Crippen LogP contribution in [0.25, 0.3) is 0 Å². The molecule has 0 aromatic carbocycles. The van der Waals surface area contributed by atoms with Gasteiger partial charge in [0.05, 0.1) is 5.71 Å². The fourth-order valence-corrected chi connectivity index (χ4v) is 2.00. The summed E-state index contributed by atoms with van der Waals surface area (Å²) in [6.45, 7) is 2.77. The van der Waals surface area contributed by atoms with Gasteiger partial charge in [-0.2, -0.15) is 23.4 Å². The van der Waals surface area contributed by atoms with Crippen molar-refractivity contribution in [3.8, 4) is 5.75 Å². The molecular formula is C14H13F3N4O4. The van der Waals surface area contributed by atoms with Gasteiger partial charge in [-0.3, -0.25) is 9.48 Å². The van der Waals surface area contributed by atoms with Crippen LogP contribution in [-0.4, -0.2) is 26.5 Å². The molecule has 8 nitrogen and oxygen atoms in total. The van der Waals surface area contributed by atoms with Crippen molar-refractivity contribution in [3.63, 3.8) is 0 Å². The van der Waals surface area contributed by atoms with Crippen LogP contribution >= 0.6 is 0 Å². The van der Waals surface area contributed by atoms with Gasteiger partial charge in [-0.15, -0.1) is 0 Å². The van der Waals surface area contributed by atoms with E-state index >= 15 is 0 Å². The Morgan fingerprint density at radius 3 is 2.56 bits per heavy atom. The second kappa shape index (κ2) is 6.42. The number of carbonyl (C=O) groups is 1. The number of aryl methyl sites for hydroxylation is 2. The summed E-state index contributed by atoms with van der Waals surface area (Å²) in [5, 5.41) is 16.6. The second-order valence-corrected chi connectivity index (χ2v) is 5.08. The van der Waals surface area contributed by atoms with Crippen LogP contribution < -0.4 is 11.1 Å². The molecule has 134 valence electrons. The van der Waals surface area contributed by atoms with Crippen LogP contribution in [0.4, 0.5) is 13.2 Å². The highest BCUT2D eigenvalue weighted by atomic mass is 19.4. The van der Waals surface area contributed by atoms with Gasteiger partial charge in [0.15, 0.2) is 5.69 Å². The zero-order chi connectivity index (χ0) is 18.9. The summed E-state index contributed by atoms with van der Waals surface area (Å²) in [5.41, 5.74) is -0.833. The zero-order valence-corrected chi connectivity index (χ0v) is 13.3. The van der Waals surface area contributed by atoms with E-state index in [1.807, 2.05) is 5.43 Å². The molecule has 11 heteroatoms. The predicted molar refractivity (Wildman–Crippen MR) is 79.3 cm³/mol. The molecule has 2 N–H and O–H groups in total. The van der Waals surface area contributed by atoms with E-state index in [9.17, 15) is 27.9 Å². The Morgan fingerprint density at radius 2 is 2.04 bits per heavy atom. The van der Waals surface area contributed by atoms with E-state index in [1.54, 1.807) is 0 Å². The minimum absolute atomic E-state index is 0.0854. The van der Waals surface area contributed by atoms with Crippen molar-refractivity contribution in [3.05, 3.63) is 45.3 Å². The van der Waals surface area contributed by atoms with E-state index in [0.29, 0.717) is 6.07 Å². The van der Waals surface area contributed by atoms with E-state index in [2.05, 4.69) is 10.2 Å². The van der Waals surface area contributed by atoms with E-state index in [-0.39, 0.29) is 22.7 Å². The third kappa shape index (κ3) is 3.87. The number of hydrogen-bond acceptors (Lipinski definition) is 6. The van der Waals surface area contributed by atoms with Gasteiger partial charge in [0, 0.05) is 19.2 Å². The average molecular weight is 358 g/mol. The van der Waals surface area contributed by atoms with Crippen molar-refractivity contribution in [2.45, 2.75) is 20.0 Å². The quantitative estimate of drug-likeness (QED) is 0.639. The molecule has 0 fully saturated rings. The molecule has 25 heavy (non-hydrogen) atoms. The number of aromatic nitrogens is 2. The highest BCUT2D eigenvalue weighted by Gasteiger charge is 2.35. The SMILES string of the molecule is CC(=NNC(=O)c1cc(C(F)(F)F)nn1C)c1c(O)cc(C)oc1=O. The Hall–Kier alpha value is -3.11. The van der Waals surface area contributed by atoms with Gasteiger partial charge in [0.2, 0.25) is 0 Å². The third-order valence-electron chi connectivity index (χ3n) is 3.14. The molecule has 1 amide bonds. The summed E-state index contributed by atoms with van der Waals surface area (Å²) in [6.07, 6.45) is -4.69. The van der Waals surface area contributed by atoms with E-state index < -0.39 is 29.2 Å². The highest BCUT2D eigenvalue weighted by Crippen LogP contribution is 2.28. The lowest BCUT2D eigenvalue weighted by atomic mass is 10.2. The summed E-state index contributed by atoms with van der Waals surface area (Å²) < 4.78 is 43.3. The number of rotatable bonds is 3. The summed E-state index contributed by atoms with van der Waals surface area (Å²) in [7, 11) is 1.17. The number of alkyl halides is 3. The molecule has 0 saturated heterocycles. The highest BCUT2D eigenvalue weighted by molar-refractivity contribution is 6.02. The molecule has 0 saturated carbocycles. The van der Waals surface area contributed by atoms with Gasteiger partial charge in [-0.05, 0) is 13.8 Å². The largest absolute Gasteiger partial charge is 0.507 e. The Balaban J connectivity index is 2.26. The van der Waals surface area contributed by atoms with Gasteiger partial charge >= 0.3 is 11.8 Å². The minimum atomic E-state index is -4.69. The lowest BCUT2D eigenvalue weighted by Gasteiger charge is -2.04. The number of halogens is 3. The lowest BCUT2D eigenvalue weighted by molar-refractivity contribution is -0.141. The first-order chi connectivity index (χ1) is 11.5. The molecular weight excluding hydrogens is 345 g/mol.